The first-order valence-corrected chi connectivity index (χ1v) is 11.5. The molecule has 1 N–H and O–H groups in total. The van der Waals surface area contributed by atoms with Gasteiger partial charge in [-0.25, -0.2) is 4.79 Å². The molecule has 31 heavy (non-hydrogen) atoms. The molecule has 0 radical (unpaired) electrons. The topological polar surface area (TPSA) is 79.0 Å². The average Bonchev–Trinajstić information content (AvgIpc) is 3.31. The van der Waals surface area contributed by atoms with Gasteiger partial charge in [-0.2, -0.15) is 0 Å². The molecule has 7 nitrogen and oxygen atoms in total. The van der Waals surface area contributed by atoms with Gasteiger partial charge in [0, 0.05) is 44.2 Å². The van der Waals surface area contributed by atoms with E-state index in [2.05, 4.69) is 5.32 Å². The van der Waals surface area contributed by atoms with Crippen molar-refractivity contribution in [3.05, 3.63) is 57.2 Å². The van der Waals surface area contributed by atoms with E-state index in [0.717, 1.165) is 5.56 Å². The SMILES string of the molecule is CCOC(=O)C(c1ccc(Cl)cc1)N1CCN(C(=O)CCNC(=O)c2cccs2)CC1. The minimum atomic E-state index is -0.528. The van der Waals surface area contributed by atoms with E-state index in [1.54, 1.807) is 30.0 Å². The van der Waals surface area contributed by atoms with Gasteiger partial charge in [0.1, 0.15) is 6.04 Å². The van der Waals surface area contributed by atoms with Gasteiger partial charge in [0.15, 0.2) is 0 Å². The first-order chi connectivity index (χ1) is 15.0. The number of amides is 2. The van der Waals surface area contributed by atoms with Crippen molar-refractivity contribution in [3.63, 3.8) is 0 Å². The van der Waals surface area contributed by atoms with Crippen LogP contribution in [0.4, 0.5) is 0 Å². The molecular weight excluding hydrogens is 438 g/mol. The lowest BCUT2D eigenvalue weighted by Crippen LogP contribution is -2.51. The lowest BCUT2D eigenvalue weighted by Gasteiger charge is -2.38. The van der Waals surface area contributed by atoms with Crippen LogP contribution < -0.4 is 5.32 Å². The summed E-state index contributed by atoms with van der Waals surface area (Å²) in [6.45, 7) is 4.52. The van der Waals surface area contributed by atoms with Gasteiger partial charge in [0.25, 0.3) is 5.91 Å². The number of benzene rings is 1. The Hall–Kier alpha value is -2.42. The molecule has 2 amide bonds. The highest BCUT2D eigenvalue weighted by atomic mass is 35.5. The third-order valence-corrected chi connectivity index (χ3v) is 6.22. The molecule has 1 aliphatic heterocycles. The second-order valence-electron chi connectivity index (χ2n) is 7.11. The molecule has 2 aromatic rings. The number of piperazine rings is 1. The summed E-state index contributed by atoms with van der Waals surface area (Å²) >= 11 is 7.35. The van der Waals surface area contributed by atoms with Crippen LogP contribution in [0.5, 0.6) is 0 Å². The molecule has 3 rings (SSSR count). The Balaban J connectivity index is 1.52. The number of hydrogen-bond donors (Lipinski definition) is 1. The normalized spacial score (nSPS) is 15.4. The molecule has 1 unspecified atom stereocenters. The van der Waals surface area contributed by atoms with E-state index in [9.17, 15) is 14.4 Å². The molecule has 1 aliphatic rings. The number of nitrogens with one attached hydrogen (secondary N) is 1. The van der Waals surface area contributed by atoms with Crippen LogP contribution in [0.15, 0.2) is 41.8 Å². The number of nitrogens with zero attached hydrogens (tertiary/aromatic N) is 2. The fourth-order valence-electron chi connectivity index (χ4n) is 3.53. The first kappa shape index (κ1) is 23.2. The zero-order valence-electron chi connectivity index (χ0n) is 17.4. The van der Waals surface area contributed by atoms with Crippen LogP contribution in [0, 0.1) is 0 Å². The molecule has 0 saturated carbocycles. The summed E-state index contributed by atoms with van der Waals surface area (Å²) in [5, 5.41) is 5.22. The Morgan fingerprint density at radius 3 is 2.45 bits per heavy atom. The van der Waals surface area contributed by atoms with Crippen molar-refractivity contribution >= 4 is 40.7 Å². The van der Waals surface area contributed by atoms with E-state index in [-0.39, 0.29) is 24.2 Å². The first-order valence-electron chi connectivity index (χ1n) is 10.2. The minimum Gasteiger partial charge on any atom is -0.465 e. The molecule has 1 atom stereocenters. The maximum absolute atomic E-state index is 12.6. The highest BCUT2D eigenvalue weighted by Gasteiger charge is 2.32. The maximum atomic E-state index is 12.6. The number of carbonyl (C=O) groups is 3. The Kier molecular flexibility index (Phi) is 8.45. The number of hydrogen-bond acceptors (Lipinski definition) is 6. The number of halogens is 1. The van der Waals surface area contributed by atoms with Crippen molar-refractivity contribution in [3.8, 4) is 0 Å². The van der Waals surface area contributed by atoms with Crippen molar-refractivity contribution in [2.45, 2.75) is 19.4 Å². The molecule has 0 spiro atoms. The Labute approximate surface area is 190 Å². The van der Waals surface area contributed by atoms with Gasteiger partial charge in [-0.15, -0.1) is 11.3 Å². The molecule has 0 aliphatic carbocycles. The average molecular weight is 464 g/mol. The van der Waals surface area contributed by atoms with E-state index in [4.69, 9.17) is 16.3 Å². The van der Waals surface area contributed by atoms with Gasteiger partial charge in [0.05, 0.1) is 11.5 Å². The molecule has 166 valence electrons. The second kappa shape index (κ2) is 11.3. The predicted octanol–water partition coefficient (Wildman–Crippen LogP) is 2.97. The third kappa shape index (κ3) is 6.29. The van der Waals surface area contributed by atoms with Crippen LogP contribution in [-0.2, 0) is 14.3 Å². The lowest BCUT2D eigenvalue weighted by atomic mass is 10.0. The highest BCUT2D eigenvalue weighted by molar-refractivity contribution is 7.12. The molecule has 1 aromatic heterocycles. The molecule has 1 fully saturated rings. The lowest BCUT2D eigenvalue weighted by molar-refractivity contribution is -0.151. The number of ether oxygens (including phenoxy) is 1. The standard InChI is InChI=1S/C22H26ClN3O4S/c1-2-30-22(29)20(16-5-7-17(23)8-6-16)26-13-11-25(12-14-26)19(27)9-10-24-21(28)18-4-3-15-31-18/h3-8,15,20H,2,9-14H2,1H3,(H,24,28). The fraction of sp³-hybridized carbons (Fsp3) is 0.409. The quantitative estimate of drug-likeness (QED) is 0.609. The van der Waals surface area contributed by atoms with Crippen LogP contribution in [0.3, 0.4) is 0 Å². The van der Waals surface area contributed by atoms with Gasteiger partial charge in [-0.1, -0.05) is 29.8 Å². The fourth-order valence-corrected chi connectivity index (χ4v) is 4.29. The third-order valence-electron chi connectivity index (χ3n) is 5.10. The minimum absolute atomic E-state index is 0.00897. The van der Waals surface area contributed by atoms with Crippen LogP contribution in [0.2, 0.25) is 5.02 Å². The van der Waals surface area contributed by atoms with Crippen molar-refractivity contribution in [2.75, 3.05) is 39.3 Å². The summed E-state index contributed by atoms with van der Waals surface area (Å²) in [6, 6.07) is 10.2. The van der Waals surface area contributed by atoms with Crippen LogP contribution in [0.1, 0.15) is 34.6 Å². The van der Waals surface area contributed by atoms with Crippen LogP contribution in [-0.4, -0.2) is 66.9 Å². The summed E-state index contributed by atoms with van der Waals surface area (Å²) in [7, 11) is 0. The Bertz CT molecular complexity index is 881. The molecule has 2 heterocycles. The van der Waals surface area contributed by atoms with Crippen LogP contribution in [0.25, 0.3) is 0 Å². The van der Waals surface area contributed by atoms with E-state index < -0.39 is 6.04 Å². The van der Waals surface area contributed by atoms with Crippen LogP contribution >= 0.6 is 22.9 Å². The molecular formula is C22H26ClN3O4S. The second-order valence-corrected chi connectivity index (χ2v) is 8.49. The van der Waals surface area contributed by atoms with Crippen molar-refractivity contribution in [1.82, 2.24) is 15.1 Å². The number of carbonyl (C=O) groups excluding carboxylic acids is 3. The Morgan fingerprint density at radius 2 is 1.84 bits per heavy atom. The number of esters is 1. The van der Waals surface area contributed by atoms with Crippen molar-refractivity contribution in [2.24, 2.45) is 0 Å². The summed E-state index contributed by atoms with van der Waals surface area (Å²) < 4.78 is 5.29. The summed E-state index contributed by atoms with van der Waals surface area (Å²) in [5.41, 5.74) is 0.818. The Morgan fingerprint density at radius 1 is 1.13 bits per heavy atom. The number of thiophene rings is 1. The van der Waals surface area contributed by atoms with Crippen molar-refractivity contribution in [1.29, 1.82) is 0 Å². The molecule has 1 saturated heterocycles. The van der Waals surface area contributed by atoms with E-state index in [1.807, 2.05) is 28.5 Å². The summed E-state index contributed by atoms with van der Waals surface area (Å²) in [6.07, 6.45) is 0.246. The largest absolute Gasteiger partial charge is 0.465 e. The highest BCUT2D eigenvalue weighted by Crippen LogP contribution is 2.25. The van der Waals surface area contributed by atoms with Gasteiger partial charge in [-0.3, -0.25) is 14.5 Å². The zero-order valence-corrected chi connectivity index (χ0v) is 19.0. The smallest absolute Gasteiger partial charge is 0.328 e. The van der Waals surface area contributed by atoms with Gasteiger partial charge in [-0.05, 0) is 36.1 Å². The monoisotopic (exact) mass is 463 g/mol. The van der Waals surface area contributed by atoms with Gasteiger partial charge < -0.3 is 15.0 Å². The predicted molar refractivity (Wildman–Crippen MR) is 120 cm³/mol. The maximum Gasteiger partial charge on any atom is 0.328 e. The van der Waals surface area contributed by atoms with E-state index >= 15 is 0 Å². The summed E-state index contributed by atoms with van der Waals surface area (Å²) in [5.74, 6) is -0.473. The van der Waals surface area contributed by atoms with Gasteiger partial charge >= 0.3 is 5.97 Å². The molecule has 1 aromatic carbocycles. The summed E-state index contributed by atoms with van der Waals surface area (Å²) in [4.78, 5) is 41.6. The van der Waals surface area contributed by atoms with E-state index in [1.165, 1.54) is 11.3 Å². The molecule has 9 heteroatoms. The van der Waals surface area contributed by atoms with Crippen molar-refractivity contribution < 1.29 is 19.1 Å². The zero-order chi connectivity index (χ0) is 22.2. The van der Waals surface area contributed by atoms with Gasteiger partial charge in [0.2, 0.25) is 5.91 Å². The molecule has 0 bridgehead atoms. The van der Waals surface area contributed by atoms with E-state index in [0.29, 0.717) is 49.2 Å². The number of rotatable bonds is 8.